The second-order valence-corrected chi connectivity index (χ2v) is 7.14. The molecular formula is C21H24N4O2. The molecule has 3 aromatic rings. The summed E-state index contributed by atoms with van der Waals surface area (Å²) in [6.45, 7) is 6.30. The van der Waals surface area contributed by atoms with Crippen molar-refractivity contribution in [2.24, 2.45) is 0 Å². The summed E-state index contributed by atoms with van der Waals surface area (Å²) in [5, 5.41) is 7.89. The van der Waals surface area contributed by atoms with Crippen LogP contribution in [0.25, 0.3) is 11.0 Å². The van der Waals surface area contributed by atoms with E-state index in [4.69, 9.17) is 4.52 Å². The lowest BCUT2D eigenvalue weighted by Gasteiger charge is -2.35. The summed E-state index contributed by atoms with van der Waals surface area (Å²) in [5.41, 5.74) is 4.58. The fraction of sp³-hybridized carbons (Fsp3) is 0.333. The summed E-state index contributed by atoms with van der Waals surface area (Å²) in [5.74, 6) is -0.0965. The lowest BCUT2D eigenvalue weighted by molar-refractivity contribution is -0.115. The second kappa shape index (κ2) is 7.40. The number of fused-ring (bicyclic) bond motifs is 1. The van der Waals surface area contributed by atoms with Crippen LogP contribution in [0.2, 0.25) is 0 Å². The molecule has 1 aliphatic heterocycles. The summed E-state index contributed by atoms with van der Waals surface area (Å²) in [6.07, 6.45) is 0.191. The van der Waals surface area contributed by atoms with Crippen LogP contribution < -0.4 is 10.2 Å². The standard InChI is InChI=1S/C21H24N4O2/c1-15-13-16(7-8-19(15)25-11-9-24(2)10-12-25)22-21(26)14-18-17-5-3-4-6-20(17)27-23-18/h3-8,13H,9-12,14H2,1-2H3,(H,22,26). The van der Waals surface area contributed by atoms with Gasteiger partial charge in [0.15, 0.2) is 5.58 Å². The summed E-state index contributed by atoms with van der Waals surface area (Å²) in [7, 11) is 2.15. The van der Waals surface area contributed by atoms with E-state index < -0.39 is 0 Å². The van der Waals surface area contributed by atoms with E-state index in [1.807, 2.05) is 36.4 Å². The molecule has 140 valence electrons. The molecule has 1 aromatic heterocycles. The van der Waals surface area contributed by atoms with Crippen molar-refractivity contribution < 1.29 is 9.32 Å². The zero-order chi connectivity index (χ0) is 18.8. The SMILES string of the molecule is Cc1cc(NC(=O)Cc2noc3ccccc23)ccc1N1CCN(C)CC1. The minimum absolute atomic E-state index is 0.0965. The molecule has 2 heterocycles. The maximum Gasteiger partial charge on any atom is 0.230 e. The van der Waals surface area contributed by atoms with Crippen LogP contribution in [0, 0.1) is 6.92 Å². The lowest BCUT2D eigenvalue weighted by Crippen LogP contribution is -2.44. The molecule has 1 fully saturated rings. The normalized spacial score (nSPS) is 15.3. The number of carbonyl (C=O) groups excluding carboxylic acids is 1. The quantitative estimate of drug-likeness (QED) is 0.771. The Morgan fingerprint density at radius 2 is 1.93 bits per heavy atom. The smallest absolute Gasteiger partial charge is 0.230 e. The molecule has 6 nitrogen and oxygen atoms in total. The highest BCUT2D eigenvalue weighted by molar-refractivity contribution is 5.95. The molecule has 1 aliphatic rings. The fourth-order valence-electron chi connectivity index (χ4n) is 3.56. The molecule has 0 aliphatic carbocycles. The van der Waals surface area contributed by atoms with Crippen molar-refractivity contribution in [3.8, 4) is 0 Å². The molecule has 0 atom stereocenters. The first-order valence-corrected chi connectivity index (χ1v) is 9.27. The number of nitrogens with zero attached hydrogens (tertiary/aromatic N) is 3. The Kier molecular flexibility index (Phi) is 4.81. The zero-order valence-corrected chi connectivity index (χ0v) is 15.7. The topological polar surface area (TPSA) is 61.6 Å². The van der Waals surface area contributed by atoms with Crippen molar-refractivity contribution in [2.75, 3.05) is 43.4 Å². The molecule has 0 bridgehead atoms. The molecule has 4 rings (SSSR count). The maximum atomic E-state index is 12.4. The number of aryl methyl sites for hydroxylation is 1. The van der Waals surface area contributed by atoms with Gasteiger partial charge in [-0.25, -0.2) is 0 Å². The minimum atomic E-state index is -0.0965. The van der Waals surface area contributed by atoms with Crippen molar-refractivity contribution in [3.63, 3.8) is 0 Å². The Labute approximate surface area is 158 Å². The highest BCUT2D eigenvalue weighted by atomic mass is 16.5. The largest absolute Gasteiger partial charge is 0.369 e. The Bertz CT molecular complexity index is 958. The van der Waals surface area contributed by atoms with Crippen LogP contribution in [0.1, 0.15) is 11.3 Å². The number of para-hydroxylation sites is 1. The van der Waals surface area contributed by atoms with Crippen molar-refractivity contribution in [1.82, 2.24) is 10.1 Å². The molecule has 1 amide bonds. The van der Waals surface area contributed by atoms with Gasteiger partial charge in [-0.05, 0) is 49.9 Å². The predicted molar refractivity (Wildman–Crippen MR) is 107 cm³/mol. The van der Waals surface area contributed by atoms with Crippen molar-refractivity contribution >= 4 is 28.3 Å². The Balaban J connectivity index is 1.43. The molecule has 27 heavy (non-hydrogen) atoms. The average molecular weight is 364 g/mol. The van der Waals surface area contributed by atoms with Crippen LogP contribution in [0.4, 0.5) is 11.4 Å². The lowest BCUT2D eigenvalue weighted by atomic mass is 10.1. The first-order valence-electron chi connectivity index (χ1n) is 9.27. The summed E-state index contributed by atoms with van der Waals surface area (Å²) in [4.78, 5) is 17.2. The molecule has 0 unspecified atom stereocenters. The predicted octanol–water partition coefficient (Wildman–Crippen LogP) is 3.07. The van der Waals surface area contributed by atoms with Gasteiger partial charge in [-0.15, -0.1) is 0 Å². The van der Waals surface area contributed by atoms with Gasteiger partial charge >= 0.3 is 0 Å². The van der Waals surface area contributed by atoms with Gasteiger partial charge in [0.25, 0.3) is 0 Å². The van der Waals surface area contributed by atoms with E-state index in [0.29, 0.717) is 11.3 Å². The number of benzene rings is 2. The van der Waals surface area contributed by atoms with Crippen LogP contribution >= 0.6 is 0 Å². The van der Waals surface area contributed by atoms with Crippen LogP contribution in [0.3, 0.4) is 0 Å². The van der Waals surface area contributed by atoms with E-state index in [2.05, 4.69) is 40.3 Å². The first kappa shape index (κ1) is 17.5. The Hall–Kier alpha value is -2.86. The third-order valence-electron chi connectivity index (χ3n) is 5.10. The molecular weight excluding hydrogens is 340 g/mol. The van der Waals surface area contributed by atoms with E-state index in [1.54, 1.807) is 0 Å². The number of piperazine rings is 1. The number of anilines is 2. The van der Waals surface area contributed by atoms with E-state index in [1.165, 1.54) is 11.3 Å². The molecule has 0 radical (unpaired) electrons. The van der Waals surface area contributed by atoms with Crippen LogP contribution in [0.15, 0.2) is 47.0 Å². The number of carbonyl (C=O) groups is 1. The highest BCUT2D eigenvalue weighted by Crippen LogP contribution is 2.25. The third-order valence-corrected chi connectivity index (χ3v) is 5.10. The number of nitrogens with one attached hydrogen (secondary N) is 1. The van der Waals surface area contributed by atoms with E-state index in [-0.39, 0.29) is 12.3 Å². The first-order chi connectivity index (χ1) is 13.1. The Morgan fingerprint density at radius 3 is 2.70 bits per heavy atom. The van der Waals surface area contributed by atoms with Crippen molar-refractivity contribution in [3.05, 3.63) is 53.7 Å². The molecule has 0 spiro atoms. The third kappa shape index (κ3) is 3.80. The van der Waals surface area contributed by atoms with Crippen LogP contribution in [-0.2, 0) is 11.2 Å². The van der Waals surface area contributed by atoms with Gasteiger partial charge in [0.05, 0.1) is 6.42 Å². The number of hydrogen-bond acceptors (Lipinski definition) is 5. The van der Waals surface area contributed by atoms with Crippen molar-refractivity contribution in [1.29, 1.82) is 0 Å². The molecule has 2 aromatic carbocycles. The fourth-order valence-corrected chi connectivity index (χ4v) is 3.56. The summed E-state index contributed by atoms with van der Waals surface area (Å²) < 4.78 is 5.27. The van der Waals surface area contributed by atoms with Crippen LogP contribution in [-0.4, -0.2) is 49.2 Å². The van der Waals surface area contributed by atoms with Crippen molar-refractivity contribution in [2.45, 2.75) is 13.3 Å². The van der Waals surface area contributed by atoms with Gasteiger partial charge in [0.1, 0.15) is 5.69 Å². The second-order valence-electron chi connectivity index (χ2n) is 7.14. The molecule has 1 N–H and O–H groups in total. The van der Waals surface area contributed by atoms with Gasteiger partial charge in [0, 0.05) is 42.9 Å². The minimum Gasteiger partial charge on any atom is -0.369 e. The Morgan fingerprint density at radius 1 is 1.15 bits per heavy atom. The van der Waals surface area contributed by atoms with Gasteiger partial charge in [-0.2, -0.15) is 0 Å². The van der Waals surface area contributed by atoms with E-state index >= 15 is 0 Å². The molecule has 0 saturated carbocycles. The highest BCUT2D eigenvalue weighted by Gasteiger charge is 2.17. The van der Waals surface area contributed by atoms with E-state index in [9.17, 15) is 4.79 Å². The monoisotopic (exact) mass is 364 g/mol. The summed E-state index contributed by atoms with van der Waals surface area (Å²) in [6, 6.07) is 13.7. The number of rotatable bonds is 4. The summed E-state index contributed by atoms with van der Waals surface area (Å²) >= 11 is 0. The van der Waals surface area contributed by atoms with Gasteiger partial charge in [-0.1, -0.05) is 17.3 Å². The number of amides is 1. The molecule has 1 saturated heterocycles. The zero-order valence-electron chi connectivity index (χ0n) is 15.7. The maximum absolute atomic E-state index is 12.4. The van der Waals surface area contributed by atoms with Gasteiger partial charge < -0.3 is 19.6 Å². The number of aromatic nitrogens is 1. The average Bonchev–Trinajstić information content (AvgIpc) is 3.06. The van der Waals surface area contributed by atoms with Gasteiger partial charge in [0.2, 0.25) is 5.91 Å². The van der Waals surface area contributed by atoms with Crippen LogP contribution in [0.5, 0.6) is 0 Å². The van der Waals surface area contributed by atoms with Gasteiger partial charge in [-0.3, -0.25) is 4.79 Å². The van der Waals surface area contributed by atoms with E-state index in [0.717, 1.165) is 37.3 Å². The molecule has 6 heteroatoms. The number of likely N-dealkylation sites (N-methyl/N-ethyl adjacent to an activating group) is 1. The number of hydrogen-bond donors (Lipinski definition) is 1.